The van der Waals surface area contributed by atoms with Crippen molar-refractivity contribution in [1.82, 2.24) is 0 Å². The first-order valence-electron chi connectivity index (χ1n) is 4.66. The Morgan fingerprint density at radius 3 is 2.44 bits per heavy atom. The van der Waals surface area contributed by atoms with Crippen LogP contribution in [0.15, 0.2) is 18.2 Å². The Bertz CT molecular complexity index is 391. The monoisotopic (exact) mass is 230 g/mol. The molecule has 0 aliphatic heterocycles. The van der Waals surface area contributed by atoms with Crippen LogP contribution >= 0.6 is 0 Å². The van der Waals surface area contributed by atoms with E-state index in [1.807, 2.05) is 0 Å². The fourth-order valence-electron chi connectivity index (χ4n) is 1.39. The van der Waals surface area contributed by atoms with Crippen molar-refractivity contribution in [2.45, 2.75) is 19.3 Å². The summed E-state index contributed by atoms with van der Waals surface area (Å²) in [5, 5.41) is 8.82. The quantitative estimate of drug-likeness (QED) is 0.865. The van der Waals surface area contributed by atoms with Gasteiger partial charge in [0.15, 0.2) is 0 Å². The van der Waals surface area contributed by atoms with Crippen LogP contribution in [0.4, 0.5) is 8.78 Å². The number of halogens is 2. The van der Waals surface area contributed by atoms with Crippen LogP contribution in [-0.2, 0) is 4.79 Å². The largest absolute Gasteiger partial charge is 0.497 e. The fourth-order valence-corrected chi connectivity index (χ4v) is 1.39. The Morgan fingerprint density at radius 2 is 2.00 bits per heavy atom. The molecule has 1 aromatic rings. The zero-order valence-corrected chi connectivity index (χ0v) is 8.91. The third-order valence-corrected chi connectivity index (χ3v) is 2.37. The summed E-state index contributed by atoms with van der Waals surface area (Å²) in [6.45, 7) is 1.36. The standard InChI is InChI=1S/C11H12F2O3/c1-6(11(14)15)9-5-7(16-2)3-4-8(9)10(12)13/h3-6,10H,1-2H3,(H,14,15). The van der Waals surface area contributed by atoms with Gasteiger partial charge in [-0.15, -0.1) is 0 Å². The zero-order valence-electron chi connectivity index (χ0n) is 8.91. The van der Waals surface area contributed by atoms with Gasteiger partial charge in [0, 0.05) is 5.56 Å². The number of benzene rings is 1. The van der Waals surface area contributed by atoms with Gasteiger partial charge in [0.2, 0.25) is 0 Å². The lowest BCUT2D eigenvalue weighted by atomic mass is 9.95. The van der Waals surface area contributed by atoms with E-state index in [4.69, 9.17) is 9.84 Å². The molecule has 1 N–H and O–H groups in total. The minimum Gasteiger partial charge on any atom is -0.497 e. The van der Waals surface area contributed by atoms with Crippen molar-refractivity contribution >= 4 is 5.97 Å². The number of alkyl halides is 2. The first kappa shape index (κ1) is 12.4. The average Bonchev–Trinajstić information content (AvgIpc) is 2.26. The highest BCUT2D eigenvalue weighted by Crippen LogP contribution is 2.31. The second kappa shape index (κ2) is 4.92. The SMILES string of the molecule is COc1ccc(C(F)F)c(C(C)C(=O)O)c1. The molecule has 0 saturated heterocycles. The van der Waals surface area contributed by atoms with Crippen LogP contribution in [0.2, 0.25) is 0 Å². The summed E-state index contributed by atoms with van der Waals surface area (Å²) in [7, 11) is 1.40. The van der Waals surface area contributed by atoms with E-state index < -0.39 is 18.3 Å². The third kappa shape index (κ3) is 2.48. The summed E-state index contributed by atoms with van der Waals surface area (Å²) in [5.74, 6) is -1.76. The number of hydrogen-bond donors (Lipinski definition) is 1. The van der Waals surface area contributed by atoms with E-state index in [0.29, 0.717) is 5.75 Å². The molecule has 1 rings (SSSR count). The highest BCUT2D eigenvalue weighted by molar-refractivity contribution is 5.76. The predicted molar refractivity (Wildman–Crippen MR) is 54.0 cm³/mol. The van der Waals surface area contributed by atoms with Crippen molar-refractivity contribution in [3.05, 3.63) is 29.3 Å². The molecule has 0 aliphatic rings. The first-order chi connectivity index (χ1) is 7.47. The molecule has 0 bridgehead atoms. The summed E-state index contributed by atoms with van der Waals surface area (Å²) < 4.78 is 30.2. The average molecular weight is 230 g/mol. The van der Waals surface area contributed by atoms with Crippen LogP contribution in [0.25, 0.3) is 0 Å². The number of carboxylic acid groups (broad SMARTS) is 1. The molecule has 1 aromatic carbocycles. The van der Waals surface area contributed by atoms with Crippen LogP contribution in [0.1, 0.15) is 30.4 Å². The van der Waals surface area contributed by atoms with Gasteiger partial charge < -0.3 is 9.84 Å². The number of rotatable bonds is 4. The van der Waals surface area contributed by atoms with Crippen molar-refractivity contribution in [1.29, 1.82) is 0 Å². The van der Waals surface area contributed by atoms with E-state index >= 15 is 0 Å². The summed E-state index contributed by atoms with van der Waals surface area (Å²) in [5.41, 5.74) is -0.183. The Hall–Kier alpha value is -1.65. The van der Waals surface area contributed by atoms with Crippen molar-refractivity contribution in [3.8, 4) is 5.75 Å². The molecule has 0 aliphatic carbocycles. The number of ether oxygens (including phenoxy) is 1. The van der Waals surface area contributed by atoms with Gasteiger partial charge in [-0.05, 0) is 30.7 Å². The number of methoxy groups -OCH3 is 1. The smallest absolute Gasteiger partial charge is 0.310 e. The zero-order chi connectivity index (χ0) is 12.3. The van der Waals surface area contributed by atoms with Crippen LogP contribution in [0, 0.1) is 0 Å². The normalized spacial score (nSPS) is 12.6. The van der Waals surface area contributed by atoms with Gasteiger partial charge in [0.25, 0.3) is 6.43 Å². The second-order valence-electron chi connectivity index (χ2n) is 3.36. The minimum atomic E-state index is -2.69. The number of hydrogen-bond acceptors (Lipinski definition) is 2. The van der Waals surface area contributed by atoms with Gasteiger partial charge >= 0.3 is 5.97 Å². The molecular formula is C11H12F2O3. The maximum atomic E-state index is 12.7. The van der Waals surface area contributed by atoms with Crippen LogP contribution in [0.5, 0.6) is 5.75 Å². The Balaban J connectivity index is 3.25. The fraction of sp³-hybridized carbons (Fsp3) is 0.364. The summed E-state index contributed by atoms with van der Waals surface area (Å²) in [6.07, 6.45) is -2.69. The van der Waals surface area contributed by atoms with Crippen LogP contribution in [-0.4, -0.2) is 18.2 Å². The molecular weight excluding hydrogens is 218 g/mol. The molecule has 1 unspecified atom stereocenters. The molecule has 0 fully saturated rings. The van der Waals surface area contributed by atoms with E-state index in [2.05, 4.69) is 0 Å². The molecule has 0 spiro atoms. The molecule has 0 heterocycles. The lowest BCUT2D eigenvalue weighted by Gasteiger charge is -2.13. The van der Waals surface area contributed by atoms with Crippen LogP contribution < -0.4 is 4.74 Å². The second-order valence-corrected chi connectivity index (χ2v) is 3.36. The molecule has 16 heavy (non-hydrogen) atoms. The molecule has 1 atom stereocenters. The summed E-state index contributed by atoms with van der Waals surface area (Å²) in [6, 6.07) is 3.91. The molecule has 0 aromatic heterocycles. The van der Waals surface area contributed by atoms with Gasteiger partial charge in [-0.25, -0.2) is 8.78 Å². The maximum Gasteiger partial charge on any atom is 0.310 e. The summed E-state index contributed by atoms with van der Waals surface area (Å²) >= 11 is 0. The minimum absolute atomic E-state index is 0.0850. The number of aliphatic carboxylic acids is 1. The highest BCUT2D eigenvalue weighted by atomic mass is 19.3. The summed E-state index contributed by atoms with van der Waals surface area (Å²) in [4.78, 5) is 10.8. The van der Waals surface area contributed by atoms with E-state index in [-0.39, 0.29) is 11.1 Å². The molecule has 88 valence electrons. The topological polar surface area (TPSA) is 46.5 Å². The molecule has 5 heteroatoms. The molecule has 0 saturated carbocycles. The van der Waals surface area contributed by atoms with Crippen molar-refractivity contribution in [3.63, 3.8) is 0 Å². The van der Waals surface area contributed by atoms with Gasteiger partial charge in [0.1, 0.15) is 5.75 Å². The van der Waals surface area contributed by atoms with E-state index in [1.54, 1.807) is 0 Å². The van der Waals surface area contributed by atoms with Gasteiger partial charge in [0.05, 0.1) is 13.0 Å². The number of carboxylic acids is 1. The van der Waals surface area contributed by atoms with Crippen molar-refractivity contribution in [2.75, 3.05) is 7.11 Å². The molecule has 3 nitrogen and oxygen atoms in total. The Morgan fingerprint density at radius 1 is 1.38 bits per heavy atom. The van der Waals surface area contributed by atoms with Crippen LogP contribution in [0.3, 0.4) is 0 Å². The first-order valence-corrected chi connectivity index (χ1v) is 4.66. The molecule has 0 amide bonds. The third-order valence-electron chi connectivity index (χ3n) is 2.37. The maximum absolute atomic E-state index is 12.7. The van der Waals surface area contributed by atoms with Gasteiger partial charge in [-0.3, -0.25) is 4.79 Å². The Labute approximate surface area is 91.7 Å². The lowest BCUT2D eigenvalue weighted by molar-refractivity contribution is -0.138. The lowest BCUT2D eigenvalue weighted by Crippen LogP contribution is -2.10. The molecule has 0 radical (unpaired) electrons. The van der Waals surface area contributed by atoms with Gasteiger partial charge in [-0.2, -0.15) is 0 Å². The highest BCUT2D eigenvalue weighted by Gasteiger charge is 2.22. The van der Waals surface area contributed by atoms with Gasteiger partial charge in [-0.1, -0.05) is 0 Å². The Kier molecular flexibility index (Phi) is 3.82. The number of carbonyl (C=O) groups is 1. The van der Waals surface area contributed by atoms with E-state index in [9.17, 15) is 13.6 Å². The van der Waals surface area contributed by atoms with E-state index in [0.717, 1.165) is 0 Å². The van der Waals surface area contributed by atoms with Crippen molar-refractivity contribution < 1.29 is 23.4 Å². The van der Waals surface area contributed by atoms with Crippen molar-refractivity contribution in [2.24, 2.45) is 0 Å². The predicted octanol–water partition coefficient (Wildman–Crippen LogP) is 2.82. The van der Waals surface area contributed by atoms with E-state index in [1.165, 1.54) is 32.2 Å².